The number of alkyl halides is 2. The van der Waals surface area contributed by atoms with Gasteiger partial charge in [0.1, 0.15) is 0 Å². The van der Waals surface area contributed by atoms with E-state index in [9.17, 15) is 8.78 Å². The van der Waals surface area contributed by atoms with E-state index in [0.717, 1.165) is 0 Å². The van der Waals surface area contributed by atoms with Crippen LogP contribution in [0.15, 0.2) is 18.2 Å². The minimum absolute atomic E-state index is 0.0847. The molecule has 0 unspecified atom stereocenters. The van der Waals surface area contributed by atoms with Gasteiger partial charge >= 0.3 is 0 Å². The van der Waals surface area contributed by atoms with Gasteiger partial charge in [-0.05, 0) is 24.1 Å². The summed E-state index contributed by atoms with van der Waals surface area (Å²) in [6, 6.07) is 4.58. The van der Waals surface area contributed by atoms with Crippen LogP contribution in [0.4, 0.5) is 14.5 Å². The Morgan fingerprint density at radius 2 is 2.15 bits per heavy atom. The van der Waals surface area contributed by atoms with Crippen LogP contribution >= 0.6 is 0 Å². The number of aryl methyl sites for hydroxylation is 1. The number of halogens is 2. The average Bonchev–Trinajstić information content (AvgIpc) is 2.16. The van der Waals surface area contributed by atoms with Gasteiger partial charge in [-0.3, -0.25) is 5.84 Å². The molecule has 0 amide bonds. The Hall–Kier alpha value is -1.16. The van der Waals surface area contributed by atoms with E-state index in [4.69, 9.17) is 5.84 Å². The van der Waals surface area contributed by atoms with Gasteiger partial charge in [-0.1, -0.05) is 13.0 Å². The van der Waals surface area contributed by atoms with E-state index in [0.29, 0.717) is 17.7 Å². The summed E-state index contributed by atoms with van der Waals surface area (Å²) in [4.78, 5) is 0. The highest BCUT2D eigenvalue weighted by molar-refractivity contribution is 5.48. The number of nitrogens with one attached hydrogen (secondary N) is 1. The SMILES string of the molecule is CCc1cc(NN)ccc1C(F)F. The van der Waals surface area contributed by atoms with Crippen LogP contribution in [0.5, 0.6) is 0 Å². The predicted octanol–water partition coefficient (Wildman–Crippen LogP) is 2.47. The van der Waals surface area contributed by atoms with Gasteiger partial charge in [-0.2, -0.15) is 0 Å². The minimum Gasteiger partial charge on any atom is -0.324 e. The van der Waals surface area contributed by atoms with Crippen LogP contribution in [0.3, 0.4) is 0 Å². The first kappa shape index (κ1) is 9.92. The van der Waals surface area contributed by atoms with E-state index in [-0.39, 0.29) is 5.56 Å². The van der Waals surface area contributed by atoms with E-state index < -0.39 is 6.43 Å². The lowest BCUT2D eigenvalue weighted by Crippen LogP contribution is -2.07. The van der Waals surface area contributed by atoms with E-state index in [1.54, 1.807) is 12.1 Å². The standard InChI is InChI=1S/C9H12F2N2/c1-2-6-5-7(13-12)3-4-8(6)9(10)11/h3-5,9,13H,2,12H2,1H3. The van der Waals surface area contributed by atoms with Crippen LogP contribution in [0.25, 0.3) is 0 Å². The molecule has 0 aliphatic heterocycles. The zero-order valence-corrected chi connectivity index (χ0v) is 7.35. The monoisotopic (exact) mass is 186 g/mol. The molecule has 13 heavy (non-hydrogen) atoms. The maximum absolute atomic E-state index is 12.4. The Kier molecular flexibility index (Phi) is 3.19. The van der Waals surface area contributed by atoms with Gasteiger partial charge in [0.2, 0.25) is 0 Å². The molecule has 0 radical (unpaired) electrons. The number of anilines is 1. The third kappa shape index (κ3) is 2.15. The van der Waals surface area contributed by atoms with Crippen LogP contribution in [0.1, 0.15) is 24.5 Å². The molecule has 0 aliphatic carbocycles. The van der Waals surface area contributed by atoms with Gasteiger partial charge in [0.25, 0.3) is 6.43 Å². The summed E-state index contributed by atoms with van der Waals surface area (Å²) in [6.45, 7) is 1.83. The van der Waals surface area contributed by atoms with Crippen molar-refractivity contribution in [2.45, 2.75) is 19.8 Å². The molecule has 2 nitrogen and oxygen atoms in total. The van der Waals surface area contributed by atoms with Gasteiger partial charge in [0, 0.05) is 11.3 Å². The van der Waals surface area contributed by atoms with Crippen molar-refractivity contribution in [2.24, 2.45) is 5.84 Å². The van der Waals surface area contributed by atoms with Gasteiger partial charge in [0.15, 0.2) is 0 Å². The van der Waals surface area contributed by atoms with E-state index in [1.165, 1.54) is 6.07 Å². The predicted molar refractivity (Wildman–Crippen MR) is 48.6 cm³/mol. The summed E-state index contributed by atoms with van der Waals surface area (Å²) in [5, 5.41) is 0. The van der Waals surface area contributed by atoms with Crippen molar-refractivity contribution in [2.75, 3.05) is 5.43 Å². The summed E-state index contributed by atoms with van der Waals surface area (Å²) < 4.78 is 24.8. The number of nitrogen functional groups attached to an aromatic ring is 1. The largest absolute Gasteiger partial charge is 0.324 e. The third-order valence-corrected chi connectivity index (χ3v) is 1.93. The molecule has 0 heterocycles. The molecule has 72 valence electrons. The second-order valence-corrected chi connectivity index (χ2v) is 2.71. The lowest BCUT2D eigenvalue weighted by Gasteiger charge is -2.08. The molecule has 3 N–H and O–H groups in total. The molecule has 4 heteroatoms. The minimum atomic E-state index is -2.42. The van der Waals surface area contributed by atoms with E-state index in [2.05, 4.69) is 5.43 Å². The van der Waals surface area contributed by atoms with Gasteiger partial charge in [-0.25, -0.2) is 8.78 Å². The fraction of sp³-hybridized carbons (Fsp3) is 0.333. The molecule has 0 aromatic heterocycles. The first-order valence-corrected chi connectivity index (χ1v) is 4.06. The third-order valence-electron chi connectivity index (χ3n) is 1.93. The lowest BCUT2D eigenvalue weighted by molar-refractivity contribution is 0.150. The van der Waals surface area contributed by atoms with Gasteiger partial charge < -0.3 is 5.43 Å². The number of hydrazine groups is 1. The molecule has 1 aromatic carbocycles. The Labute approximate surface area is 75.7 Å². The second-order valence-electron chi connectivity index (χ2n) is 2.71. The van der Waals surface area contributed by atoms with Crippen LogP contribution < -0.4 is 11.3 Å². The van der Waals surface area contributed by atoms with Crippen LogP contribution in [0, 0.1) is 0 Å². The molecule has 0 spiro atoms. The first-order valence-electron chi connectivity index (χ1n) is 4.06. The van der Waals surface area contributed by atoms with Crippen molar-refractivity contribution < 1.29 is 8.78 Å². The Morgan fingerprint density at radius 3 is 2.62 bits per heavy atom. The molecule has 0 atom stereocenters. The van der Waals surface area contributed by atoms with Crippen molar-refractivity contribution in [3.63, 3.8) is 0 Å². The Morgan fingerprint density at radius 1 is 1.46 bits per heavy atom. The van der Waals surface area contributed by atoms with Crippen molar-refractivity contribution >= 4 is 5.69 Å². The van der Waals surface area contributed by atoms with Crippen molar-refractivity contribution in [3.8, 4) is 0 Å². The molecule has 0 bridgehead atoms. The summed E-state index contributed by atoms with van der Waals surface area (Å²) in [5.41, 5.74) is 3.79. The van der Waals surface area contributed by atoms with Crippen molar-refractivity contribution in [1.82, 2.24) is 0 Å². The zero-order valence-electron chi connectivity index (χ0n) is 7.35. The van der Waals surface area contributed by atoms with Gasteiger partial charge in [-0.15, -0.1) is 0 Å². The summed E-state index contributed by atoms with van der Waals surface area (Å²) in [7, 11) is 0. The maximum atomic E-state index is 12.4. The highest BCUT2D eigenvalue weighted by atomic mass is 19.3. The molecular formula is C9H12F2N2. The lowest BCUT2D eigenvalue weighted by atomic mass is 10.0. The highest BCUT2D eigenvalue weighted by Gasteiger charge is 2.11. The summed E-state index contributed by atoms with van der Waals surface area (Å²) >= 11 is 0. The van der Waals surface area contributed by atoms with Crippen LogP contribution in [0.2, 0.25) is 0 Å². The summed E-state index contributed by atoms with van der Waals surface area (Å²) in [5.74, 6) is 5.16. The first-order chi connectivity index (χ1) is 6.19. The fourth-order valence-corrected chi connectivity index (χ4v) is 1.21. The van der Waals surface area contributed by atoms with E-state index >= 15 is 0 Å². The zero-order chi connectivity index (χ0) is 9.84. The van der Waals surface area contributed by atoms with Crippen molar-refractivity contribution in [1.29, 1.82) is 0 Å². The van der Waals surface area contributed by atoms with Crippen LogP contribution in [-0.4, -0.2) is 0 Å². The number of benzene rings is 1. The Balaban J connectivity index is 3.08. The van der Waals surface area contributed by atoms with Crippen molar-refractivity contribution in [3.05, 3.63) is 29.3 Å². The molecular weight excluding hydrogens is 174 g/mol. The molecule has 0 saturated carbocycles. The Bertz CT molecular complexity index is 287. The molecule has 1 rings (SSSR count). The fourth-order valence-electron chi connectivity index (χ4n) is 1.21. The van der Waals surface area contributed by atoms with Crippen LogP contribution in [-0.2, 0) is 6.42 Å². The molecule has 0 aliphatic rings. The number of hydrogen-bond acceptors (Lipinski definition) is 2. The van der Waals surface area contributed by atoms with Gasteiger partial charge in [0.05, 0.1) is 0 Å². The smallest absolute Gasteiger partial charge is 0.264 e. The highest BCUT2D eigenvalue weighted by Crippen LogP contribution is 2.25. The maximum Gasteiger partial charge on any atom is 0.264 e. The summed E-state index contributed by atoms with van der Waals surface area (Å²) in [6.07, 6.45) is -1.84. The quantitative estimate of drug-likeness (QED) is 0.562. The normalized spacial score (nSPS) is 10.5. The number of rotatable bonds is 3. The van der Waals surface area contributed by atoms with E-state index in [1.807, 2.05) is 6.92 Å². The average molecular weight is 186 g/mol. The molecule has 0 saturated heterocycles. The molecule has 0 fully saturated rings. The number of nitrogens with two attached hydrogens (primary N) is 1. The topological polar surface area (TPSA) is 38.0 Å². The number of hydrogen-bond donors (Lipinski definition) is 2. The second kappa shape index (κ2) is 4.18. The molecule has 1 aromatic rings.